The summed E-state index contributed by atoms with van der Waals surface area (Å²) in [6, 6.07) is 6.44. The van der Waals surface area contributed by atoms with E-state index < -0.39 is 0 Å². The van der Waals surface area contributed by atoms with Crippen molar-refractivity contribution in [1.29, 1.82) is 0 Å². The van der Waals surface area contributed by atoms with E-state index in [2.05, 4.69) is 52.8 Å². The first-order chi connectivity index (χ1) is 7.88. The summed E-state index contributed by atoms with van der Waals surface area (Å²) in [5, 5.41) is 0. The Kier molecular flexibility index (Phi) is 3.20. The zero-order valence-electron chi connectivity index (χ0n) is 11.6. The summed E-state index contributed by atoms with van der Waals surface area (Å²) in [6.07, 6.45) is 2.62. The number of hydrogen-bond acceptors (Lipinski definition) is 1. The van der Waals surface area contributed by atoms with E-state index in [1.54, 1.807) is 0 Å². The van der Waals surface area contributed by atoms with Crippen LogP contribution < -0.4 is 4.74 Å². The molecule has 1 aromatic rings. The molecule has 1 aliphatic rings. The molecule has 1 aromatic carbocycles. The third-order valence-electron chi connectivity index (χ3n) is 3.01. The van der Waals surface area contributed by atoms with Crippen LogP contribution in [-0.4, -0.2) is 5.60 Å². The van der Waals surface area contributed by atoms with Crippen molar-refractivity contribution in [3.05, 3.63) is 35.2 Å². The summed E-state index contributed by atoms with van der Waals surface area (Å²) < 4.78 is 6.11. The Labute approximate surface area is 105 Å². The normalized spacial score (nSPS) is 16.4. The van der Waals surface area contributed by atoms with Crippen LogP contribution in [0.2, 0.25) is 0 Å². The highest BCUT2D eigenvalue weighted by molar-refractivity contribution is 5.50. The maximum absolute atomic E-state index is 6.11. The zero-order chi connectivity index (χ0) is 12.6. The minimum atomic E-state index is -0.121. The summed E-state index contributed by atoms with van der Waals surface area (Å²) in [7, 11) is 0. The molecule has 1 nitrogen and oxygen atoms in total. The quantitative estimate of drug-likeness (QED) is 0.732. The van der Waals surface area contributed by atoms with E-state index in [4.69, 9.17) is 4.74 Å². The third-order valence-corrected chi connectivity index (χ3v) is 3.01. The lowest BCUT2D eigenvalue weighted by atomic mass is 9.93. The van der Waals surface area contributed by atoms with Gasteiger partial charge in [0.15, 0.2) is 0 Å². The first kappa shape index (κ1) is 12.5. The second kappa shape index (κ2) is 4.36. The fourth-order valence-corrected chi connectivity index (χ4v) is 2.19. The Bertz CT molecular complexity index is 394. The predicted octanol–water partition coefficient (Wildman–Crippen LogP) is 4.70. The highest BCUT2D eigenvalue weighted by Crippen LogP contribution is 2.47. The lowest BCUT2D eigenvalue weighted by Crippen LogP contribution is -2.24. The van der Waals surface area contributed by atoms with Crippen LogP contribution in [0, 0.1) is 5.92 Å². The number of hydrogen-bond donors (Lipinski definition) is 0. The maximum atomic E-state index is 6.11. The lowest BCUT2D eigenvalue weighted by Gasteiger charge is -2.25. The predicted molar refractivity (Wildman–Crippen MR) is 72.5 cm³/mol. The highest BCUT2D eigenvalue weighted by Gasteiger charge is 2.31. The summed E-state index contributed by atoms with van der Waals surface area (Å²) in [4.78, 5) is 0. The van der Waals surface area contributed by atoms with Crippen molar-refractivity contribution in [2.45, 2.75) is 59.0 Å². The molecule has 0 unspecified atom stereocenters. The molecular formula is C16H23O. The van der Waals surface area contributed by atoms with Crippen molar-refractivity contribution in [2.24, 2.45) is 0 Å². The molecule has 0 heterocycles. The van der Waals surface area contributed by atoms with E-state index in [-0.39, 0.29) is 5.60 Å². The van der Waals surface area contributed by atoms with Gasteiger partial charge in [-0.25, -0.2) is 0 Å². The van der Waals surface area contributed by atoms with Crippen LogP contribution in [0.25, 0.3) is 0 Å². The average molecular weight is 231 g/mol. The lowest BCUT2D eigenvalue weighted by molar-refractivity contribution is 0.129. The topological polar surface area (TPSA) is 9.23 Å². The second-order valence-electron chi connectivity index (χ2n) is 6.21. The third kappa shape index (κ3) is 3.02. The van der Waals surface area contributed by atoms with Gasteiger partial charge in [-0.2, -0.15) is 0 Å². The molecule has 0 amide bonds. The molecule has 2 rings (SSSR count). The van der Waals surface area contributed by atoms with Crippen LogP contribution in [0.5, 0.6) is 5.75 Å². The Balaban J connectivity index is 2.40. The summed E-state index contributed by atoms with van der Waals surface area (Å²) in [5.74, 6) is 3.18. The average Bonchev–Trinajstić information content (AvgIpc) is 2.98. The monoisotopic (exact) mass is 231 g/mol. The smallest absolute Gasteiger partial charge is 0.123 e. The van der Waals surface area contributed by atoms with Gasteiger partial charge >= 0.3 is 0 Å². The van der Waals surface area contributed by atoms with Crippen molar-refractivity contribution in [3.8, 4) is 5.75 Å². The van der Waals surface area contributed by atoms with Crippen LogP contribution >= 0.6 is 0 Å². The largest absolute Gasteiger partial charge is 0.488 e. The maximum Gasteiger partial charge on any atom is 0.123 e. The van der Waals surface area contributed by atoms with E-state index in [1.807, 2.05) is 0 Å². The fraction of sp³-hybridized carbons (Fsp3) is 0.562. The van der Waals surface area contributed by atoms with Crippen molar-refractivity contribution < 1.29 is 4.74 Å². The van der Waals surface area contributed by atoms with Gasteiger partial charge in [0.25, 0.3) is 0 Å². The van der Waals surface area contributed by atoms with E-state index in [1.165, 1.54) is 29.9 Å². The molecule has 1 aliphatic carbocycles. The zero-order valence-corrected chi connectivity index (χ0v) is 11.6. The molecule has 0 atom stereocenters. The van der Waals surface area contributed by atoms with Gasteiger partial charge in [-0.05, 0) is 57.1 Å². The summed E-state index contributed by atoms with van der Waals surface area (Å²) in [5.41, 5.74) is 2.70. The molecule has 0 N–H and O–H groups in total. The van der Waals surface area contributed by atoms with Crippen LogP contribution in [0.3, 0.4) is 0 Å². The van der Waals surface area contributed by atoms with Crippen molar-refractivity contribution in [2.75, 3.05) is 0 Å². The number of rotatable bonds is 3. The van der Waals surface area contributed by atoms with E-state index >= 15 is 0 Å². The Hall–Kier alpha value is -0.980. The molecule has 0 aromatic heterocycles. The molecule has 0 aliphatic heterocycles. The Morgan fingerprint density at radius 3 is 2.29 bits per heavy atom. The standard InChI is InChI=1S/C16H23O/c1-11(2)13-7-6-8-14(17-16(3,4)5)15(13)12-9-10-12/h6-8,12H,9-10H2,1-5H3. The Morgan fingerprint density at radius 2 is 1.82 bits per heavy atom. The fourth-order valence-electron chi connectivity index (χ4n) is 2.19. The molecule has 0 spiro atoms. The minimum absolute atomic E-state index is 0.121. The second-order valence-corrected chi connectivity index (χ2v) is 6.21. The minimum Gasteiger partial charge on any atom is -0.488 e. The van der Waals surface area contributed by atoms with Gasteiger partial charge in [0.2, 0.25) is 0 Å². The van der Waals surface area contributed by atoms with Gasteiger partial charge in [-0.15, -0.1) is 0 Å². The molecular weight excluding hydrogens is 208 g/mol. The molecule has 93 valence electrons. The molecule has 1 saturated carbocycles. The van der Waals surface area contributed by atoms with Gasteiger partial charge in [0.05, 0.1) is 0 Å². The molecule has 17 heavy (non-hydrogen) atoms. The first-order valence-corrected chi connectivity index (χ1v) is 6.51. The van der Waals surface area contributed by atoms with Gasteiger partial charge in [-0.3, -0.25) is 0 Å². The van der Waals surface area contributed by atoms with E-state index in [0.717, 1.165) is 11.7 Å². The van der Waals surface area contributed by atoms with Crippen LogP contribution in [-0.2, 0) is 0 Å². The molecule has 1 fully saturated rings. The summed E-state index contributed by atoms with van der Waals surface area (Å²) >= 11 is 0. The van der Waals surface area contributed by atoms with Crippen molar-refractivity contribution in [3.63, 3.8) is 0 Å². The molecule has 1 heteroatoms. The highest BCUT2D eigenvalue weighted by atomic mass is 16.5. The van der Waals surface area contributed by atoms with Crippen LogP contribution in [0.1, 0.15) is 64.5 Å². The SMILES string of the molecule is C[C](C)c1cccc(OC(C)(C)C)c1C1CC1. The van der Waals surface area contributed by atoms with Gasteiger partial charge < -0.3 is 4.74 Å². The number of ether oxygens (including phenoxy) is 1. The van der Waals surface area contributed by atoms with Gasteiger partial charge in [0.1, 0.15) is 11.4 Å². The Morgan fingerprint density at radius 1 is 1.18 bits per heavy atom. The van der Waals surface area contributed by atoms with Crippen LogP contribution in [0.4, 0.5) is 0 Å². The molecule has 1 radical (unpaired) electrons. The molecule has 0 saturated heterocycles. The first-order valence-electron chi connectivity index (χ1n) is 6.51. The van der Waals surface area contributed by atoms with E-state index in [0.29, 0.717) is 0 Å². The van der Waals surface area contributed by atoms with Crippen molar-refractivity contribution in [1.82, 2.24) is 0 Å². The molecule has 0 bridgehead atoms. The summed E-state index contributed by atoms with van der Waals surface area (Å²) in [6.45, 7) is 10.7. The number of benzene rings is 1. The van der Waals surface area contributed by atoms with E-state index in [9.17, 15) is 0 Å². The van der Waals surface area contributed by atoms with Gasteiger partial charge in [0, 0.05) is 5.56 Å². The van der Waals surface area contributed by atoms with Gasteiger partial charge in [-0.1, -0.05) is 26.0 Å². The van der Waals surface area contributed by atoms with Crippen LogP contribution in [0.15, 0.2) is 18.2 Å². The van der Waals surface area contributed by atoms with Crippen molar-refractivity contribution >= 4 is 0 Å².